The minimum atomic E-state index is -2.84. The van der Waals surface area contributed by atoms with Crippen LogP contribution >= 0.6 is 0 Å². The van der Waals surface area contributed by atoms with Crippen LogP contribution in [0.1, 0.15) is 38.5 Å². The Bertz CT molecular complexity index is 303. The third-order valence-corrected chi connectivity index (χ3v) is 6.09. The molecule has 2 aliphatic rings. The van der Waals surface area contributed by atoms with Crippen molar-refractivity contribution < 1.29 is 8.42 Å². The van der Waals surface area contributed by atoms with Gasteiger partial charge in [0.15, 0.2) is 9.84 Å². The van der Waals surface area contributed by atoms with Gasteiger partial charge in [-0.1, -0.05) is 12.8 Å². The zero-order valence-corrected chi connectivity index (χ0v) is 10.2. The van der Waals surface area contributed by atoms with Gasteiger partial charge in [-0.05, 0) is 38.6 Å². The van der Waals surface area contributed by atoms with Crippen molar-refractivity contribution in [1.82, 2.24) is 5.32 Å². The lowest BCUT2D eigenvalue weighted by atomic mass is 10.2. The Balaban J connectivity index is 1.95. The Kier molecular flexibility index (Phi) is 3.36. The quantitative estimate of drug-likeness (QED) is 0.776. The van der Waals surface area contributed by atoms with Crippen LogP contribution in [0.2, 0.25) is 0 Å². The van der Waals surface area contributed by atoms with Gasteiger partial charge in [0.2, 0.25) is 0 Å². The monoisotopic (exact) mass is 231 g/mol. The Morgan fingerprint density at radius 1 is 1.20 bits per heavy atom. The standard InChI is InChI=1S/C11H21NO2S/c1-12-11(9-6-7-9)8-15(13,14)10-4-2-3-5-10/h9-12H,2-8H2,1H3. The molecule has 0 amide bonds. The molecule has 0 bridgehead atoms. The highest BCUT2D eigenvalue weighted by molar-refractivity contribution is 7.92. The predicted molar refractivity (Wildman–Crippen MR) is 61.6 cm³/mol. The van der Waals surface area contributed by atoms with Gasteiger partial charge in [-0.25, -0.2) is 8.42 Å². The number of sulfone groups is 1. The van der Waals surface area contributed by atoms with Crippen LogP contribution in [0.4, 0.5) is 0 Å². The fraction of sp³-hybridized carbons (Fsp3) is 1.00. The van der Waals surface area contributed by atoms with Crippen molar-refractivity contribution in [3.63, 3.8) is 0 Å². The summed E-state index contributed by atoms with van der Waals surface area (Å²) in [4.78, 5) is 0. The molecule has 0 heterocycles. The molecule has 88 valence electrons. The summed E-state index contributed by atoms with van der Waals surface area (Å²) in [5.74, 6) is 0.977. The summed E-state index contributed by atoms with van der Waals surface area (Å²) in [6.07, 6.45) is 6.37. The SMILES string of the molecule is CNC(CS(=O)(=O)C1CCCC1)C1CC1. The van der Waals surface area contributed by atoms with Crippen LogP contribution in [0.15, 0.2) is 0 Å². The first-order valence-corrected chi connectivity index (χ1v) is 7.74. The van der Waals surface area contributed by atoms with Gasteiger partial charge in [-0.15, -0.1) is 0 Å². The van der Waals surface area contributed by atoms with E-state index in [2.05, 4.69) is 5.32 Å². The third kappa shape index (κ3) is 2.72. The maximum absolute atomic E-state index is 12.1. The molecule has 0 aromatic rings. The summed E-state index contributed by atoms with van der Waals surface area (Å²) in [7, 11) is -0.957. The van der Waals surface area contributed by atoms with Crippen LogP contribution < -0.4 is 5.32 Å². The molecule has 2 fully saturated rings. The smallest absolute Gasteiger partial charge is 0.154 e. The Morgan fingerprint density at radius 2 is 1.80 bits per heavy atom. The van der Waals surface area contributed by atoms with Crippen molar-refractivity contribution in [3.8, 4) is 0 Å². The van der Waals surface area contributed by atoms with Crippen LogP contribution in [-0.2, 0) is 9.84 Å². The van der Waals surface area contributed by atoms with Gasteiger partial charge < -0.3 is 5.32 Å². The molecule has 0 aliphatic heterocycles. The number of hydrogen-bond donors (Lipinski definition) is 1. The molecule has 1 N–H and O–H groups in total. The normalized spacial score (nSPS) is 25.7. The Morgan fingerprint density at radius 3 is 2.27 bits per heavy atom. The van der Waals surface area contributed by atoms with E-state index in [1.165, 1.54) is 12.8 Å². The van der Waals surface area contributed by atoms with Crippen LogP contribution in [0, 0.1) is 5.92 Å². The van der Waals surface area contributed by atoms with Crippen molar-refractivity contribution in [2.75, 3.05) is 12.8 Å². The molecule has 1 unspecified atom stereocenters. The van der Waals surface area contributed by atoms with Crippen molar-refractivity contribution in [2.24, 2.45) is 5.92 Å². The van der Waals surface area contributed by atoms with E-state index in [1.54, 1.807) is 0 Å². The fourth-order valence-electron chi connectivity index (χ4n) is 2.59. The molecule has 0 spiro atoms. The zero-order chi connectivity index (χ0) is 10.9. The molecule has 15 heavy (non-hydrogen) atoms. The van der Waals surface area contributed by atoms with Crippen LogP contribution in [0.5, 0.6) is 0 Å². The van der Waals surface area contributed by atoms with Gasteiger partial charge in [-0.2, -0.15) is 0 Å². The molecule has 2 aliphatic carbocycles. The molecule has 1 atom stereocenters. The van der Waals surface area contributed by atoms with Gasteiger partial charge in [0.1, 0.15) is 0 Å². The number of hydrogen-bond acceptors (Lipinski definition) is 3. The summed E-state index contributed by atoms with van der Waals surface area (Å²) in [5.41, 5.74) is 0. The average Bonchev–Trinajstić information content (AvgIpc) is 2.88. The zero-order valence-electron chi connectivity index (χ0n) is 9.41. The van der Waals surface area contributed by atoms with Gasteiger partial charge >= 0.3 is 0 Å². The molecular formula is C11H21NO2S. The van der Waals surface area contributed by atoms with Gasteiger partial charge in [0.05, 0.1) is 11.0 Å². The van der Waals surface area contributed by atoms with Gasteiger partial charge in [-0.3, -0.25) is 0 Å². The minimum absolute atomic E-state index is 0.0351. The summed E-state index contributed by atoms with van der Waals surface area (Å²) in [6, 6.07) is 0.204. The Labute approximate surface area is 92.6 Å². The average molecular weight is 231 g/mol. The highest BCUT2D eigenvalue weighted by atomic mass is 32.2. The van der Waals surface area contributed by atoms with Crippen LogP contribution in [-0.4, -0.2) is 32.5 Å². The fourth-order valence-corrected chi connectivity index (χ4v) is 4.85. The Hall–Kier alpha value is -0.0900. The van der Waals surface area contributed by atoms with E-state index < -0.39 is 9.84 Å². The first kappa shape index (κ1) is 11.4. The highest BCUT2D eigenvalue weighted by Gasteiger charge is 2.36. The van der Waals surface area contributed by atoms with Gasteiger partial charge in [0.25, 0.3) is 0 Å². The number of rotatable bonds is 5. The second-order valence-corrected chi connectivity index (χ2v) is 7.29. The first-order valence-electron chi connectivity index (χ1n) is 6.02. The maximum Gasteiger partial charge on any atom is 0.154 e. The second-order valence-electron chi connectivity index (χ2n) is 4.97. The van der Waals surface area contributed by atoms with E-state index >= 15 is 0 Å². The molecule has 4 heteroatoms. The molecule has 2 saturated carbocycles. The molecule has 0 saturated heterocycles. The molecular weight excluding hydrogens is 210 g/mol. The lowest BCUT2D eigenvalue weighted by Gasteiger charge is -2.18. The predicted octanol–water partition coefficient (Wildman–Crippen LogP) is 1.34. The van der Waals surface area contributed by atoms with Crippen molar-refractivity contribution in [1.29, 1.82) is 0 Å². The van der Waals surface area contributed by atoms with E-state index in [9.17, 15) is 8.42 Å². The van der Waals surface area contributed by atoms with Crippen molar-refractivity contribution >= 4 is 9.84 Å². The lowest BCUT2D eigenvalue weighted by molar-refractivity contribution is 0.520. The number of nitrogens with one attached hydrogen (secondary N) is 1. The summed E-state index contributed by atoms with van der Waals surface area (Å²) in [5, 5.41) is 3.13. The second kappa shape index (κ2) is 4.42. The lowest BCUT2D eigenvalue weighted by Crippen LogP contribution is -2.38. The van der Waals surface area contributed by atoms with Crippen molar-refractivity contribution in [3.05, 3.63) is 0 Å². The van der Waals surface area contributed by atoms with Gasteiger partial charge in [0, 0.05) is 6.04 Å². The molecule has 0 aromatic carbocycles. The minimum Gasteiger partial charge on any atom is -0.316 e. The first-order chi connectivity index (χ1) is 7.13. The van der Waals surface area contributed by atoms with E-state index in [1.807, 2.05) is 7.05 Å². The molecule has 3 nitrogen and oxygen atoms in total. The van der Waals surface area contributed by atoms with Crippen LogP contribution in [0.25, 0.3) is 0 Å². The molecule has 0 aromatic heterocycles. The third-order valence-electron chi connectivity index (χ3n) is 3.78. The highest BCUT2D eigenvalue weighted by Crippen LogP contribution is 2.34. The largest absolute Gasteiger partial charge is 0.316 e. The molecule has 0 radical (unpaired) electrons. The summed E-state index contributed by atoms with van der Waals surface area (Å²) >= 11 is 0. The molecule has 2 rings (SSSR count). The summed E-state index contributed by atoms with van der Waals surface area (Å²) < 4.78 is 24.2. The van der Waals surface area contributed by atoms with E-state index in [-0.39, 0.29) is 11.3 Å². The van der Waals surface area contributed by atoms with E-state index in [4.69, 9.17) is 0 Å². The van der Waals surface area contributed by atoms with Crippen molar-refractivity contribution in [2.45, 2.75) is 49.8 Å². The van der Waals surface area contributed by atoms with E-state index in [0.717, 1.165) is 25.7 Å². The van der Waals surface area contributed by atoms with E-state index in [0.29, 0.717) is 11.7 Å². The van der Waals surface area contributed by atoms with Crippen LogP contribution in [0.3, 0.4) is 0 Å². The summed E-state index contributed by atoms with van der Waals surface area (Å²) in [6.45, 7) is 0. The maximum atomic E-state index is 12.1. The topological polar surface area (TPSA) is 46.2 Å².